The first-order chi connectivity index (χ1) is 9.91. The molecule has 1 amide bonds. The number of nitrogens with one attached hydrogen (secondary N) is 1. The van der Waals surface area contributed by atoms with Crippen molar-refractivity contribution < 1.29 is 4.79 Å². The lowest BCUT2D eigenvalue weighted by molar-refractivity contribution is -0.119. The first-order valence-electron chi connectivity index (χ1n) is 7.29. The minimum Gasteiger partial charge on any atom is -0.273 e. The highest BCUT2D eigenvalue weighted by Gasteiger charge is 2.60. The molecule has 0 radical (unpaired) electrons. The summed E-state index contributed by atoms with van der Waals surface area (Å²) in [7, 11) is 0. The molecule has 1 saturated carbocycles. The molecule has 1 aromatic carbocycles. The quantitative estimate of drug-likeness (QED) is 0.878. The van der Waals surface area contributed by atoms with E-state index in [9.17, 15) is 4.79 Å². The Balaban J connectivity index is 1.80. The molecule has 2 aromatic rings. The number of nitrogens with zero attached hydrogens (tertiary/aromatic N) is 2. The molecule has 0 aliphatic heterocycles. The number of hydrogen-bond donors (Lipinski definition) is 1. The van der Waals surface area contributed by atoms with Crippen molar-refractivity contribution in [2.45, 2.75) is 27.7 Å². The number of aromatic nitrogens is 2. The predicted molar refractivity (Wildman–Crippen MR) is 84.3 cm³/mol. The van der Waals surface area contributed by atoms with Crippen LogP contribution in [0.4, 0.5) is 0 Å². The third-order valence-corrected chi connectivity index (χ3v) is 4.39. The van der Waals surface area contributed by atoms with Gasteiger partial charge >= 0.3 is 0 Å². The van der Waals surface area contributed by atoms with Crippen molar-refractivity contribution in [3.8, 4) is 0 Å². The van der Waals surface area contributed by atoms with E-state index in [1.807, 2.05) is 24.3 Å². The van der Waals surface area contributed by atoms with E-state index >= 15 is 0 Å². The lowest BCUT2D eigenvalue weighted by Gasteiger charge is -2.07. The van der Waals surface area contributed by atoms with E-state index in [0.717, 1.165) is 11.0 Å². The van der Waals surface area contributed by atoms with Crippen molar-refractivity contribution in [2.24, 2.45) is 17.3 Å². The lowest BCUT2D eigenvalue weighted by Crippen LogP contribution is -2.25. The molecule has 21 heavy (non-hydrogen) atoms. The molecule has 1 aliphatic rings. The van der Waals surface area contributed by atoms with E-state index in [4.69, 9.17) is 0 Å². The van der Waals surface area contributed by atoms with Gasteiger partial charge in [0.05, 0.1) is 17.0 Å². The topological polar surface area (TPSA) is 46.9 Å². The van der Waals surface area contributed by atoms with Crippen LogP contribution in [0.15, 0.2) is 42.2 Å². The van der Waals surface area contributed by atoms with Gasteiger partial charge in [0.1, 0.15) is 6.33 Å². The predicted octanol–water partition coefficient (Wildman–Crippen LogP) is 3.34. The van der Waals surface area contributed by atoms with E-state index in [-0.39, 0.29) is 17.2 Å². The van der Waals surface area contributed by atoms with E-state index in [1.165, 1.54) is 5.57 Å². The highest BCUT2D eigenvalue weighted by Crippen LogP contribution is 2.59. The second-order valence-corrected chi connectivity index (χ2v) is 6.65. The summed E-state index contributed by atoms with van der Waals surface area (Å²) in [6, 6.07) is 7.77. The molecule has 0 saturated heterocycles. The van der Waals surface area contributed by atoms with Crippen LogP contribution in [0.3, 0.4) is 0 Å². The van der Waals surface area contributed by atoms with Gasteiger partial charge in [-0.05, 0) is 37.3 Å². The van der Waals surface area contributed by atoms with Crippen LogP contribution in [0.5, 0.6) is 0 Å². The van der Waals surface area contributed by atoms with E-state index in [0.29, 0.717) is 5.92 Å². The van der Waals surface area contributed by atoms with Crippen molar-refractivity contribution in [2.75, 3.05) is 5.43 Å². The van der Waals surface area contributed by atoms with Crippen molar-refractivity contribution in [1.82, 2.24) is 9.66 Å². The summed E-state index contributed by atoms with van der Waals surface area (Å²) >= 11 is 0. The molecule has 2 atom stereocenters. The molecule has 1 heterocycles. The van der Waals surface area contributed by atoms with Gasteiger partial charge in [-0.15, -0.1) is 0 Å². The number of amides is 1. The third-order valence-electron chi connectivity index (χ3n) is 4.39. The molecule has 3 rings (SSSR count). The SMILES string of the molecule is CC(C)=C[C@@H]1[C@@H](C(=O)Nn2cnc3ccccc32)C1(C)C. The molecule has 4 heteroatoms. The second-order valence-electron chi connectivity index (χ2n) is 6.65. The standard InChI is InChI=1S/C17H21N3O/c1-11(2)9-12-15(17(12,3)4)16(21)19-20-10-18-13-7-5-6-8-14(13)20/h5-10,12,15H,1-4H3,(H,19,21)/t12-,15+/m1/s1. The monoisotopic (exact) mass is 283 g/mol. The molecule has 0 spiro atoms. The van der Waals surface area contributed by atoms with Crippen LogP contribution in [0.2, 0.25) is 0 Å². The minimum atomic E-state index is 0.0218. The van der Waals surface area contributed by atoms with Crippen LogP contribution in [0.25, 0.3) is 11.0 Å². The maximum atomic E-state index is 12.5. The molecule has 110 valence electrons. The number of imidazole rings is 1. The van der Waals surface area contributed by atoms with Crippen LogP contribution < -0.4 is 5.43 Å². The summed E-state index contributed by atoms with van der Waals surface area (Å²) in [5, 5.41) is 0. The van der Waals surface area contributed by atoms with Gasteiger partial charge in [-0.3, -0.25) is 10.2 Å². The van der Waals surface area contributed by atoms with Gasteiger partial charge in [0.2, 0.25) is 5.91 Å². The van der Waals surface area contributed by atoms with E-state index in [1.54, 1.807) is 11.0 Å². The van der Waals surface area contributed by atoms with Gasteiger partial charge < -0.3 is 0 Å². The van der Waals surface area contributed by atoms with Crippen molar-refractivity contribution in [3.05, 3.63) is 42.2 Å². The average molecular weight is 283 g/mol. The summed E-state index contributed by atoms with van der Waals surface area (Å²) in [5.41, 5.74) is 6.06. The Bertz CT molecular complexity index is 722. The fraction of sp³-hybridized carbons (Fsp3) is 0.412. The number of fused-ring (bicyclic) bond motifs is 1. The molecule has 0 unspecified atom stereocenters. The summed E-state index contributed by atoms with van der Waals surface area (Å²) in [6.45, 7) is 8.44. The Morgan fingerprint density at radius 3 is 2.76 bits per heavy atom. The molecule has 1 fully saturated rings. The number of carbonyl (C=O) groups is 1. The average Bonchev–Trinajstić information content (AvgIpc) is 2.78. The number of hydrogen-bond acceptors (Lipinski definition) is 2. The fourth-order valence-corrected chi connectivity index (χ4v) is 3.09. The van der Waals surface area contributed by atoms with Gasteiger partial charge in [0.15, 0.2) is 0 Å². The third kappa shape index (κ3) is 2.35. The Morgan fingerprint density at radius 1 is 1.33 bits per heavy atom. The first kappa shape index (κ1) is 13.9. The lowest BCUT2D eigenvalue weighted by atomic mass is 10.1. The van der Waals surface area contributed by atoms with Gasteiger partial charge in [-0.1, -0.05) is 37.6 Å². The summed E-state index contributed by atoms with van der Waals surface area (Å²) in [4.78, 5) is 16.8. The van der Waals surface area contributed by atoms with Crippen LogP contribution in [-0.4, -0.2) is 15.6 Å². The maximum absolute atomic E-state index is 12.5. The number of allylic oxidation sites excluding steroid dienone is 2. The Kier molecular flexibility index (Phi) is 3.12. The number of para-hydroxylation sites is 2. The van der Waals surface area contributed by atoms with Crippen molar-refractivity contribution in [3.63, 3.8) is 0 Å². The fourth-order valence-electron chi connectivity index (χ4n) is 3.09. The summed E-state index contributed by atoms with van der Waals surface area (Å²) in [5.74, 6) is 0.400. The molecule has 1 aliphatic carbocycles. The Labute approximate surface area is 124 Å². The summed E-state index contributed by atoms with van der Waals surface area (Å²) in [6.07, 6.45) is 3.87. The van der Waals surface area contributed by atoms with Crippen LogP contribution in [-0.2, 0) is 4.79 Å². The van der Waals surface area contributed by atoms with Crippen LogP contribution in [0, 0.1) is 17.3 Å². The highest BCUT2D eigenvalue weighted by atomic mass is 16.2. The zero-order valence-electron chi connectivity index (χ0n) is 12.9. The van der Waals surface area contributed by atoms with Gasteiger partial charge in [-0.25, -0.2) is 9.66 Å². The molecule has 1 N–H and O–H groups in total. The Morgan fingerprint density at radius 2 is 2.05 bits per heavy atom. The number of rotatable bonds is 3. The molecular formula is C17H21N3O. The van der Waals surface area contributed by atoms with Gasteiger partial charge in [-0.2, -0.15) is 0 Å². The van der Waals surface area contributed by atoms with E-state index < -0.39 is 0 Å². The van der Waals surface area contributed by atoms with Crippen molar-refractivity contribution >= 4 is 16.9 Å². The van der Waals surface area contributed by atoms with E-state index in [2.05, 4.69) is 44.2 Å². The van der Waals surface area contributed by atoms with Crippen LogP contribution in [0.1, 0.15) is 27.7 Å². The first-order valence-corrected chi connectivity index (χ1v) is 7.29. The minimum absolute atomic E-state index is 0.0218. The number of benzene rings is 1. The molecule has 4 nitrogen and oxygen atoms in total. The largest absolute Gasteiger partial charge is 0.273 e. The zero-order chi connectivity index (χ0) is 15.2. The van der Waals surface area contributed by atoms with Crippen molar-refractivity contribution in [1.29, 1.82) is 0 Å². The molecular weight excluding hydrogens is 262 g/mol. The van der Waals surface area contributed by atoms with Gasteiger partial charge in [0, 0.05) is 0 Å². The molecule has 1 aromatic heterocycles. The highest BCUT2D eigenvalue weighted by molar-refractivity contribution is 5.91. The van der Waals surface area contributed by atoms with Crippen LogP contribution >= 0.6 is 0 Å². The zero-order valence-corrected chi connectivity index (χ0v) is 12.9. The molecule has 0 bridgehead atoms. The normalized spacial score (nSPS) is 22.9. The smallest absolute Gasteiger partial charge is 0.243 e. The Hall–Kier alpha value is -2.10. The van der Waals surface area contributed by atoms with Gasteiger partial charge in [0.25, 0.3) is 0 Å². The summed E-state index contributed by atoms with van der Waals surface area (Å²) < 4.78 is 1.71. The number of carbonyl (C=O) groups excluding carboxylic acids is 1. The second kappa shape index (κ2) is 4.72. The maximum Gasteiger partial charge on any atom is 0.243 e.